The molecule has 10 heteroatoms. The predicted octanol–water partition coefficient (Wildman–Crippen LogP) is 4.01. The Morgan fingerprint density at radius 2 is 1.80 bits per heavy atom. The Hall–Kier alpha value is -3.79. The average Bonchev–Trinajstić information content (AvgIpc) is 3.24. The molecule has 0 unspecified atom stereocenters. The summed E-state index contributed by atoms with van der Waals surface area (Å²) >= 11 is 0. The van der Waals surface area contributed by atoms with Crippen LogP contribution in [-0.2, 0) is 19.0 Å². The molecule has 35 heavy (non-hydrogen) atoms. The Labute approximate surface area is 200 Å². The molecule has 0 radical (unpaired) electrons. The molecular formula is C25H23F3N6O. The van der Waals surface area contributed by atoms with E-state index in [0.29, 0.717) is 22.4 Å². The van der Waals surface area contributed by atoms with Crippen LogP contribution in [0, 0.1) is 0 Å². The number of hydrogen-bond donors (Lipinski definition) is 2. The predicted molar refractivity (Wildman–Crippen MR) is 128 cm³/mol. The van der Waals surface area contributed by atoms with Gasteiger partial charge in [0.2, 0.25) is 5.95 Å². The number of aromatic nitrogens is 2. The van der Waals surface area contributed by atoms with Gasteiger partial charge in [0.1, 0.15) is 0 Å². The van der Waals surface area contributed by atoms with E-state index in [4.69, 9.17) is 0 Å². The monoisotopic (exact) mass is 480 g/mol. The van der Waals surface area contributed by atoms with Gasteiger partial charge in [-0.3, -0.25) is 4.79 Å². The van der Waals surface area contributed by atoms with Crippen molar-refractivity contribution < 1.29 is 18.0 Å². The summed E-state index contributed by atoms with van der Waals surface area (Å²) in [5.74, 6) is -0.290. The standard InChI is InChI=1S/C25H23F3N6O/c26-25(27,28)20-15-31-24(32-18-5-7-19(8-6-18)34-12-10-29-11-13-34)33-21(20)9-4-16-2-1-3-17-14-30-23(35)22(16)17/h1-3,5-8,14-15,29H,4,9-13H2,(H,31,32,33). The molecule has 0 bridgehead atoms. The largest absolute Gasteiger partial charge is 0.419 e. The van der Waals surface area contributed by atoms with Gasteiger partial charge in [-0.05, 0) is 42.7 Å². The van der Waals surface area contributed by atoms with Gasteiger partial charge in [-0.1, -0.05) is 18.2 Å². The maximum Gasteiger partial charge on any atom is 0.419 e. The molecule has 5 rings (SSSR count). The lowest BCUT2D eigenvalue weighted by atomic mass is 9.97. The third-order valence-corrected chi connectivity index (χ3v) is 6.13. The first kappa shape index (κ1) is 23.0. The van der Waals surface area contributed by atoms with Crippen molar-refractivity contribution in [1.29, 1.82) is 0 Å². The first-order valence-electron chi connectivity index (χ1n) is 11.3. The average molecular weight is 480 g/mol. The van der Waals surface area contributed by atoms with Gasteiger partial charge in [-0.15, -0.1) is 0 Å². The molecule has 2 aliphatic rings. The number of hydrogen-bond acceptors (Lipinski definition) is 6. The van der Waals surface area contributed by atoms with Crippen LogP contribution in [0.2, 0.25) is 0 Å². The van der Waals surface area contributed by atoms with Gasteiger partial charge in [0.05, 0.1) is 16.8 Å². The summed E-state index contributed by atoms with van der Waals surface area (Å²) in [5.41, 5.74) is 2.52. The topological polar surface area (TPSA) is 82.5 Å². The van der Waals surface area contributed by atoms with Gasteiger partial charge in [-0.2, -0.15) is 13.2 Å². The highest BCUT2D eigenvalue weighted by atomic mass is 19.4. The van der Waals surface area contributed by atoms with Crippen molar-refractivity contribution in [2.24, 2.45) is 4.99 Å². The van der Waals surface area contributed by atoms with Gasteiger partial charge in [0.25, 0.3) is 5.91 Å². The minimum absolute atomic E-state index is 0.00227. The summed E-state index contributed by atoms with van der Waals surface area (Å²) in [6.45, 7) is 3.69. The quantitative estimate of drug-likeness (QED) is 0.555. The second kappa shape index (κ2) is 9.46. The molecule has 3 heterocycles. The van der Waals surface area contributed by atoms with Crippen LogP contribution in [0.15, 0.2) is 53.7 Å². The van der Waals surface area contributed by atoms with E-state index in [1.165, 1.54) is 6.21 Å². The van der Waals surface area contributed by atoms with Crippen LogP contribution >= 0.6 is 0 Å². The zero-order valence-corrected chi connectivity index (χ0v) is 18.8. The number of benzene rings is 2. The molecule has 0 aliphatic carbocycles. The van der Waals surface area contributed by atoms with E-state index in [-0.39, 0.29) is 30.4 Å². The molecule has 2 N–H and O–H groups in total. The summed E-state index contributed by atoms with van der Waals surface area (Å²) in [7, 11) is 0. The lowest BCUT2D eigenvalue weighted by molar-refractivity contribution is -0.138. The molecule has 0 saturated carbocycles. The van der Waals surface area contributed by atoms with Gasteiger partial charge in [-0.25, -0.2) is 15.0 Å². The van der Waals surface area contributed by atoms with Gasteiger partial charge in [0, 0.05) is 55.5 Å². The van der Waals surface area contributed by atoms with E-state index in [1.54, 1.807) is 18.2 Å². The van der Waals surface area contributed by atoms with Crippen LogP contribution in [0.5, 0.6) is 0 Å². The van der Waals surface area contributed by atoms with Gasteiger partial charge < -0.3 is 15.5 Å². The Bertz CT molecular complexity index is 1270. The normalized spacial score (nSPS) is 15.4. The molecule has 2 aromatic carbocycles. The van der Waals surface area contributed by atoms with Crippen molar-refractivity contribution in [1.82, 2.24) is 15.3 Å². The van der Waals surface area contributed by atoms with Crippen LogP contribution < -0.4 is 15.5 Å². The second-order valence-corrected chi connectivity index (χ2v) is 8.41. The minimum atomic E-state index is -4.59. The van der Waals surface area contributed by atoms with Crippen LogP contribution in [0.4, 0.5) is 30.5 Å². The second-order valence-electron chi connectivity index (χ2n) is 8.41. The maximum atomic E-state index is 13.7. The molecule has 3 aromatic rings. The van der Waals surface area contributed by atoms with Gasteiger partial charge >= 0.3 is 6.18 Å². The number of rotatable bonds is 6. The number of anilines is 3. The van der Waals surface area contributed by atoms with E-state index in [1.807, 2.05) is 24.3 Å². The highest BCUT2D eigenvalue weighted by Gasteiger charge is 2.35. The highest BCUT2D eigenvalue weighted by Crippen LogP contribution is 2.32. The number of nitrogens with zero attached hydrogens (tertiary/aromatic N) is 4. The third-order valence-electron chi connectivity index (χ3n) is 6.13. The highest BCUT2D eigenvalue weighted by molar-refractivity contribution is 6.13. The first-order valence-corrected chi connectivity index (χ1v) is 11.3. The lowest BCUT2D eigenvalue weighted by Gasteiger charge is -2.29. The molecule has 0 spiro atoms. The summed E-state index contributed by atoms with van der Waals surface area (Å²) < 4.78 is 41.0. The Morgan fingerprint density at radius 3 is 2.54 bits per heavy atom. The fourth-order valence-corrected chi connectivity index (χ4v) is 4.35. The van der Waals surface area contributed by atoms with Crippen molar-refractivity contribution >= 4 is 29.4 Å². The summed E-state index contributed by atoms with van der Waals surface area (Å²) in [6.07, 6.45) is -2.09. The summed E-state index contributed by atoms with van der Waals surface area (Å²) in [4.78, 5) is 26.2. The zero-order valence-electron chi connectivity index (χ0n) is 18.8. The third kappa shape index (κ3) is 5.02. The first-order chi connectivity index (χ1) is 16.9. The molecule has 0 atom stereocenters. The van der Waals surface area contributed by atoms with Crippen molar-refractivity contribution in [3.05, 3.63) is 76.6 Å². The number of nitrogens with one attached hydrogen (secondary N) is 2. The van der Waals surface area contributed by atoms with Crippen molar-refractivity contribution in [3.63, 3.8) is 0 Å². The number of amides is 1. The molecule has 7 nitrogen and oxygen atoms in total. The molecule has 1 saturated heterocycles. The van der Waals surface area contributed by atoms with Crippen molar-refractivity contribution in [2.75, 3.05) is 36.4 Å². The van der Waals surface area contributed by atoms with Crippen LogP contribution in [0.25, 0.3) is 0 Å². The van der Waals surface area contributed by atoms with Crippen LogP contribution in [0.1, 0.15) is 32.7 Å². The Kier molecular flexibility index (Phi) is 6.21. The molecular weight excluding hydrogens is 457 g/mol. The molecule has 1 amide bonds. The molecule has 1 aromatic heterocycles. The number of halogens is 3. The number of carbonyl (C=O) groups is 1. The van der Waals surface area contributed by atoms with Crippen molar-refractivity contribution in [2.45, 2.75) is 19.0 Å². The Morgan fingerprint density at radius 1 is 1.03 bits per heavy atom. The Balaban J connectivity index is 1.35. The number of aliphatic imine (C=N–C) groups is 1. The number of aryl methyl sites for hydroxylation is 2. The summed E-state index contributed by atoms with van der Waals surface area (Å²) in [5, 5.41) is 6.32. The molecule has 180 valence electrons. The minimum Gasteiger partial charge on any atom is -0.369 e. The van der Waals surface area contributed by atoms with Crippen LogP contribution in [-0.4, -0.2) is 48.3 Å². The smallest absolute Gasteiger partial charge is 0.369 e. The number of carbonyl (C=O) groups excluding carboxylic acids is 1. The van der Waals surface area contributed by atoms with E-state index in [2.05, 4.69) is 30.5 Å². The zero-order chi connectivity index (χ0) is 24.4. The number of piperazine rings is 1. The van der Waals surface area contributed by atoms with Crippen molar-refractivity contribution in [3.8, 4) is 0 Å². The fraction of sp³-hybridized carbons (Fsp3) is 0.280. The van der Waals surface area contributed by atoms with E-state index in [0.717, 1.165) is 38.1 Å². The molecule has 1 fully saturated rings. The lowest BCUT2D eigenvalue weighted by Crippen LogP contribution is -2.43. The SMILES string of the molecule is O=C1N=Cc2cccc(CCc3nc(Nc4ccc(N5CCNCC5)cc4)ncc3C(F)(F)F)c21. The van der Waals surface area contributed by atoms with E-state index < -0.39 is 11.7 Å². The van der Waals surface area contributed by atoms with E-state index >= 15 is 0 Å². The van der Waals surface area contributed by atoms with Gasteiger partial charge in [0.15, 0.2) is 0 Å². The van der Waals surface area contributed by atoms with E-state index in [9.17, 15) is 18.0 Å². The number of fused-ring (bicyclic) bond motifs is 1. The fourth-order valence-electron chi connectivity index (χ4n) is 4.35. The molecule has 2 aliphatic heterocycles. The number of alkyl halides is 3. The summed E-state index contributed by atoms with van der Waals surface area (Å²) in [6, 6.07) is 12.9. The van der Waals surface area contributed by atoms with Crippen LogP contribution in [0.3, 0.4) is 0 Å². The maximum absolute atomic E-state index is 13.7.